The number of nitrogens with two attached hydrogens (primary N) is 1. The second-order valence-electron chi connectivity index (χ2n) is 4.66. The van der Waals surface area contributed by atoms with E-state index in [1.54, 1.807) is 11.3 Å². The summed E-state index contributed by atoms with van der Waals surface area (Å²) in [6, 6.07) is 14.4. The van der Waals surface area contributed by atoms with Crippen LogP contribution >= 0.6 is 22.7 Å². The molecule has 0 aliphatic rings. The minimum Gasteiger partial charge on any atom is -0.396 e. The van der Waals surface area contributed by atoms with Gasteiger partial charge in [-0.05, 0) is 29.0 Å². The molecule has 0 unspecified atom stereocenters. The first-order valence-electron chi connectivity index (χ1n) is 6.70. The van der Waals surface area contributed by atoms with Crippen LogP contribution in [0.4, 0.5) is 5.69 Å². The van der Waals surface area contributed by atoms with Crippen molar-refractivity contribution >= 4 is 28.4 Å². The van der Waals surface area contributed by atoms with Gasteiger partial charge >= 0.3 is 0 Å². The number of anilines is 1. The largest absolute Gasteiger partial charge is 0.396 e. The zero-order chi connectivity index (χ0) is 14.8. The minimum atomic E-state index is 0.596. The molecule has 2 nitrogen and oxygen atoms in total. The van der Waals surface area contributed by atoms with E-state index in [1.807, 2.05) is 30.3 Å². The molecule has 0 aliphatic heterocycles. The molecular weight excluding hydrogens is 296 g/mol. The van der Waals surface area contributed by atoms with Gasteiger partial charge in [-0.15, -0.1) is 22.7 Å². The highest BCUT2D eigenvalue weighted by molar-refractivity contribution is 7.22. The van der Waals surface area contributed by atoms with Crippen LogP contribution in [0.3, 0.4) is 0 Å². The van der Waals surface area contributed by atoms with Crippen LogP contribution in [-0.2, 0) is 6.42 Å². The molecular formula is C17H14N2S2. The second kappa shape index (κ2) is 5.72. The predicted octanol–water partition coefficient (Wildman–Crippen LogP) is 5.16. The molecule has 0 bridgehead atoms. The summed E-state index contributed by atoms with van der Waals surface area (Å²) < 4.78 is 0. The normalized spacial score (nSPS) is 10.5. The van der Waals surface area contributed by atoms with Crippen molar-refractivity contribution in [3.8, 4) is 27.0 Å². The van der Waals surface area contributed by atoms with Crippen LogP contribution in [0.5, 0.6) is 0 Å². The number of nitrogen functional groups attached to an aromatic ring is 1. The van der Waals surface area contributed by atoms with E-state index in [0.29, 0.717) is 10.6 Å². The summed E-state index contributed by atoms with van der Waals surface area (Å²) in [5.74, 6) is 0. The average molecular weight is 310 g/mol. The van der Waals surface area contributed by atoms with Crippen molar-refractivity contribution in [2.75, 3.05) is 5.73 Å². The zero-order valence-corrected chi connectivity index (χ0v) is 13.2. The lowest BCUT2D eigenvalue weighted by Gasteiger charge is -2.06. The molecule has 2 aromatic heterocycles. The Kier molecular flexibility index (Phi) is 3.78. The maximum absolute atomic E-state index is 9.31. The Morgan fingerprint density at radius 2 is 1.90 bits per heavy atom. The van der Waals surface area contributed by atoms with Crippen molar-refractivity contribution in [1.29, 1.82) is 5.26 Å². The first-order valence-corrected chi connectivity index (χ1v) is 8.40. The van der Waals surface area contributed by atoms with E-state index in [9.17, 15) is 5.26 Å². The molecule has 0 aliphatic carbocycles. The minimum absolute atomic E-state index is 0.596. The summed E-state index contributed by atoms with van der Waals surface area (Å²) in [5.41, 5.74) is 10.2. The zero-order valence-electron chi connectivity index (χ0n) is 11.6. The molecule has 2 N–H and O–H groups in total. The van der Waals surface area contributed by atoms with Gasteiger partial charge in [0, 0.05) is 10.4 Å². The summed E-state index contributed by atoms with van der Waals surface area (Å²) in [4.78, 5) is 2.94. The van der Waals surface area contributed by atoms with Crippen LogP contribution in [-0.4, -0.2) is 0 Å². The summed E-state index contributed by atoms with van der Waals surface area (Å²) in [6.07, 6.45) is 0.979. The van der Waals surface area contributed by atoms with Gasteiger partial charge in [-0.3, -0.25) is 0 Å². The Labute approximate surface area is 132 Å². The standard InChI is InChI=1S/C17H14N2S2/c1-2-11-8-9-20-16(11)17-14(12-6-4-3-5-7-12)15(19)13(10-18)21-17/h3-9H,2,19H2,1H3. The molecule has 0 fully saturated rings. The summed E-state index contributed by atoms with van der Waals surface area (Å²) in [5, 5.41) is 11.4. The predicted molar refractivity (Wildman–Crippen MR) is 91.6 cm³/mol. The van der Waals surface area contributed by atoms with Gasteiger partial charge in [0.05, 0.1) is 10.6 Å². The monoisotopic (exact) mass is 310 g/mol. The topological polar surface area (TPSA) is 49.8 Å². The smallest absolute Gasteiger partial charge is 0.129 e. The van der Waals surface area contributed by atoms with Crippen LogP contribution < -0.4 is 5.73 Å². The number of rotatable bonds is 3. The molecule has 0 saturated carbocycles. The fourth-order valence-electron chi connectivity index (χ4n) is 2.39. The van der Waals surface area contributed by atoms with Gasteiger partial charge in [-0.2, -0.15) is 5.26 Å². The first-order chi connectivity index (χ1) is 10.3. The number of nitriles is 1. The van der Waals surface area contributed by atoms with E-state index in [2.05, 4.69) is 24.4 Å². The third-order valence-electron chi connectivity index (χ3n) is 3.44. The van der Waals surface area contributed by atoms with Crippen molar-refractivity contribution in [2.45, 2.75) is 13.3 Å². The molecule has 0 spiro atoms. The first kappa shape index (κ1) is 13.9. The van der Waals surface area contributed by atoms with E-state index >= 15 is 0 Å². The van der Waals surface area contributed by atoms with Crippen LogP contribution in [0.2, 0.25) is 0 Å². The van der Waals surface area contributed by atoms with Gasteiger partial charge in [0.1, 0.15) is 10.9 Å². The lowest BCUT2D eigenvalue weighted by atomic mass is 10.0. The lowest BCUT2D eigenvalue weighted by Crippen LogP contribution is -1.89. The fraction of sp³-hybridized carbons (Fsp3) is 0.118. The molecule has 0 saturated heterocycles. The molecule has 0 atom stereocenters. The number of hydrogen-bond donors (Lipinski definition) is 1. The van der Waals surface area contributed by atoms with E-state index in [0.717, 1.165) is 22.4 Å². The quantitative estimate of drug-likeness (QED) is 0.726. The molecule has 0 amide bonds. The van der Waals surface area contributed by atoms with Crippen LogP contribution in [0.25, 0.3) is 20.9 Å². The Morgan fingerprint density at radius 1 is 1.14 bits per heavy atom. The molecule has 0 radical (unpaired) electrons. The van der Waals surface area contributed by atoms with Gasteiger partial charge in [-0.25, -0.2) is 0 Å². The Bertz CT molecular complexity index is 807. The molecule has 21 heavy (non-hydrogen) atoms. The van der Waals surface area contributed by atoms with Gasteiger partial charge in [-0.1, -0.05) is 37.3 Å². The van der Waals surface area contributed by atoms with Gasteiger partial charge in [0.2, 0.25) is 0 Å². The number of aryl methyl sites for hydroxylation is 1. The maximum atomic E-state index is 9.31. The molecule has 1 aromatic carbocycles. The summed E-state index contributed by atoms with van der Waals surface area (Å²) >= 11 is 3.21. The van der Waals surface area contributed by atoms with E-state index < -0.39 is 0 Å². The van der Waals surface area contributed by atoms with Crippen molar-refractivity contribution in [3.05, 3.63) is 52.2 Å². The third-order valence-corrected chi connectivity index (χ3v) is 5.67. The van der Waals surface area contributed by atoms with Crippen molar-refractivity contribution in [2.24, 2.45) is 0 Å². The average Bonchev–Trinajstić information content (AvgIpc) is 3.11. The highest BCUT2D eigenvalue weighted by Gasteiger charge is 2.20. The fourth-order valence-corrected chi connectivity index (χ4v) is 4.62. The number of nitrogens with zero attached hydrogens (tertiary/aromatic N) is 1. The Hall–Kier alpha value is -2.09. The van der Waals surface area contributed by atoms with Crippen molar-refractivity contribution in [3.63, 3.8) is 0 Å². The second-order valence-corrected chi connectivity index (χ2v) is 6.59. The van der Waals surface area contributed by atoms with Crippen LogP contribution in [0, 0.1) is 11.3 Å². The van der Waals surface area contributed by atoms with Gasteiger partial charge in [0.15, 0.2) is 0 Å². The summed E-state index contributed by atoms with van der Waals surface area (Å²) in [6.45, 7) is 2.15. The van der Waals surface area contributed by atoms with E-state index in [1.165, 1.54) is 21.8 Å². The van der Waals surface area contributed by atoms with E-state index in [-0.39, 0.29) is 0 Å². The van der Waals surface area contributed by atoms with Gasteiger partial charge in [0.25, 0.3) is 0 Å². The third kappa shape index (κ3) is 2.35. The van der Waals surface area contributed by atoms with Crippen molar-refractivity contribution < 1.29 is 0 Å². The SMILES string of the molecule is CCc1ccsc1-c1sc(C#N)c(N)c1-c1ccccc1. The Morgan fingerprint density at radius 3 is 2.57 bits per heavy atom. The van der Waals surface area contributed by atoms with Gasteiger partial charge < -0.3 is 5.73 Å². The van der Waals surface area contributed by atoms with Crippen molar-refractivity contribution in [1.82, 2.24) is 0 Å². The highest BCUT2D eigenvalue weighted by Crippen LogP contribution is 2.47. The molecule has 104 valence electrons. The number of benzene rings is 1. The molecule has 2 heterocycles. The molecule has 3 aromatic rings. The summed E-state index contributed by atoms with van der Waals surface area (Å²) in [7, 11) is 0. The van der Waals surface area contributed by atoms with Crippen LogP contribution in [0.1, 0.15) is 17.4 Å². The van der Waals surface area contributed by atoms with Crippen LogP contribution in [0.15, 0.2) is 41.8 Å². The molecule has 4 heteroatoms. The van der Waals surface area contributed by atoms with E-state index in [4.69, 9.17) is 5.73 Å². The maximum Gasteiger partial charge on any atom is 0.129 e. The lowest BCUT2D eigenvalue weighted by molar-refractivity contribution is 1.16. The highest BCUT2D eigenvalue weighted by atomic mass is 32.1. The Balaban J connectivity index is 2.29. The number of thiophene rings is 2. The molecule has 3 rings (SSSR count). The number of hydrogen-bond acceptors (Lipinski definition) is 4.